The van der Waals surface area contributed by atoms with Crippen molar-refractivity contribution in [1.82, 2.24) is 15.0 Å². The Labute approximate surface area is 194 Å². The molecule has 1 aromatic rings. The van der Waals surface area contributed by atoms with Gasteiger partial charge in [-0.1, -0.05) is 12.1 Å². The number of sulfonamides is 1. The first kappa shape index (κ1) is 22.5. The predicted molar refractivity (Wildman–Crippen MR) is 124 cm³/mol. The van der Waals surface area contributed by atoms with Crippen molar-refractivity contribution < 1.29 is 18.0 Å². The average molecular weight is 473 g/mol. The predicted octanol–water partition coefficient (Wildman–Crippen LogP) is 1.86. The number of nitrogens with zero attached hydrogens (tertiary/aromatic N) is 1. The summed E-state index contributed by atoms with van der Waals surface area (Å²) in [5.74, 6) is 0.332. The van der Waals surface area contributed by atoms with Gasteiger partial charge in [0.25, 0.3) is 0 Å². The summed E-state index contributed by atoms with van der Waals surface area (Å²) in [6.07, 6.45) is 8.86. The minimum Gasteiger partial charge on any atom is -0.369 e. The zero-order chi connectivity index (χ0) is 23.6. The minimum absolute atomic E-state index is 0.0541. The van der Waals surface area contributed by atoms with Gasteiger partial charge in [-0.3, -0.25) is 14.6 Å². The van der Waals surface area contributed by atoms with E-state index in [1.54, 1.807) is 32.2 Å². The highest BCUT2D eigenvalue weighted by Crippen LogP contribution is 2.59. The number of hydrogen-bond acceptors (Lipinski definition) is 5. The largest absolute Gasteiger partial charge is 0.369 e. The molecule has 1 aromatic heterocycles. The highest BCUT2D eigenvalue weighted by atomic mass is 32.2. The van der Waals surface area contributed by atoms with Crippen LogP contribution in [0.3, 0.4) is 0 Å². The Morgan fingerprint density at radius 1 is 1.18 bits per heavy atom. The highest BCUT2D eigenvalue weighted by molar-refractivity contribution is 7.98. The Bertz CT molecular complexity index is 1130. The smallest absolute Gasteiger partial charge is 0.243 e. The van der Waals surface area contributed by atoms with Crippen molar-refractivity contribution in [3.05, 3.63) is 35.7 Å². The summed E-state index contributed by atoms with van der Waals surface area (Å²) in [5.41, 5.74) is 5.33. The third-order valence-corrected chi connectivity index (χ3v) is 9.93. The van der Waals surface area contributed by atoms with E-state index >= 15 is 0 Å². The maximum Gasteiger partial charge on any atom is 0.243 e. The van der Waals surface area contributed by atoms with Gasteiger partial charge in [-0.15, -0.1) is 0 Å². The third kappa shape index (κ3) is 3.79. The summed E-state index contributed by atoms with van der Waals surface area (Å²) < 4.78 is 29.2. The molecule has 4 fully saturated rings. The van der Waals surface area contributed by atoms with Crippen LogP contribution in [0.2, 0.25) is 0 Å². The van der Waals surface area contributed by atoms with Crippen LogP contribution in [0.5, 0.6) is 0 Å². The summed E-state index contributed by atoms with van der Waals surface area (Å²) in [6, 6.07) is 3.63. The fraction of sp³-hybridized carbons (Fsp3) is 0.625. The molecule has 0 aromatic carbocycles. The van der Waals surface area contributed by atoms with Crippen LogP contribution < -0.4 is 15.8 Å². The van der Waals surface area contributed by atoms with Crippen LogP contribution >= 0.6 is 0 Å². The first-order valence-electron chi connectivity index (χ1n) is 11.8. The number of carbonyl (C=O) groups is 2. The van der Waals surface area contributed by atoms with Crippen LogP contribution in [0, 0.1) is 23.2 Å². The molecule has 0 spiro atoms. The highest BCUT2D eigenvalue weighted by Gasteiger charge is 2.58. The first-order valence-corrected chi connectivity index (χ1v) is 13.3. The Balaban J connectivity index is 1.32. The minimum atomic E-state index is -3.96. The van der Waals surface area contributed by atoms with Crippen LogP contribution in [0.15, 0.2) is 24.4 Å². The number of nitrogens with one attached hydrogen (secondary N) is 2. The molecule has 4 N–H and O–H groups in total. The molecule has 2 unspecified atom stereocenters. The monoisotopic (exact) mass is 472 g/mol. The number of hydrogen-bond donors (Lipinski definition) is 3. The quantitative estimate of drug-likeness (QED) is 0.582. The van der Waals surface area contributed by atoms with Crippen LogP contribution in [-0.4, -0.2) is 36.8 Å². The number of nitrogens with two attached hydrogens (primary N) is 1. The fourth-order valence-electron chi connectivity index (χ4n) is 6.89. The Morgan fingerprint density at radius 2 is 1.88 bits per heavy atom. The van der Waals surface area contributed by atoms with Gasteiger partial charge in [0.2, 0.25) is 21.8 Å². The van der Waals surface area contributed by atoms with E-state index in [-0.39, 0.29) is 34.6 Å². The van der Waals surface area contributed by atoms with Gasteiger partial charge < -0.3 is 11.1 Å². The normalized spacial score (nSPS) is 32.7. The second-order valence-corrected chi connectivity index (χ2v) is 12.6. The van der Waals surface area contributed by atoms with E-state index in [0.717, 1.165) is 31.2 Å². The van der Waals surface area contributed by atoms with E-state index in [9.17, 15) is 18.0 Å². The number of rotatable bonds is 6. The molecule has 5 aliphatic carbocycles. The lowest BCUT2D eigenvalue weighted by molar-refractivity contribution is -0.148. The number of pyridine rings is 1. The van der Waals surface area contributed by atoms with Gasteiger partial charge in [0.15, 0.2) is 0 Å². The lowest BCUT2D eigenvalue weighted by Gasteiger charge is -2.59. The maximum absolute atomic E-state index is 13.3. The zero-order valence-corrected chi connectivity index (χ0v) is 20.0. The van der Waals surface area contributed by atoms with Crippen molar-refractivity contribution in [2.24, 2.45) is 28.9 Å². The maximum atomic E-state index is 13.3. The van der Waals surface area contributed by atoms with Crippen molar-refractivity contribution in [2.45, 2.75) is 70.4 Å². The van der Waals surface area contributed by atoms with Crippen molar-refractivity contribution in [3.8, 4) is 0 Å². The molecule has 0 saturated heterocycles. The average Bonchev–Trinajstić information content (AvgIpc) is 2.74. The van der Waals surface area contributed by atoms with E-state index in [4.69, 9.17) is 5.73 Å². The second kappa shape index (κ2) is 7.63. The summed E-state index contributed by atoms with van der Waals surface area (Å²) in [7, 11) is -3.96. The summed E-state index contributed by atoms with van der Waals surface area (Å²) in [6.45, 7) is 3.17. The van der Waals surface area contributed by atoms with Crippen molar-refractivity contribution in [3.63, 3.8) is 0 Å². The number of carbonyl (C=O) groups excluding carboxylic acids is 2. The molecule has 6 rings (SSSR count). The molecule has 0 aliphatic heterocycles. The summed E-state index contributed by atoms with van der Waals surface area (Å²) in [5, 5.41) is 3.15. The van der Waals surface area contributed by atoms with Crippen LogP contribution in [0.1, 0.15) is 63.6 Å². The topological polar surface area (TPSA) is 131 Å². The number of aromatic nitrogens is 1. The Hall–Kier alpha value is -2.26. The molecule has 33 heavy (non-hydrogen) atoms. The van der Waals surface area contributed by atoms with Gasteiger partial charge in [0.05, 0.1) is 5.69 Å². The number of allylic oxidation sites excluding steroid dienone is 1. The van der Waals surface area contributed by atoms with Crippen molar-refractivity contribution in [1.29, 1.82) is 0 Å². The molecule has 4 bridgehead atoms. The van der Waals surface area contributed by atoms with Crippen molar-refractivity contribution in [2.75, 3.05) is 0 Å². The van der Waals surface area contributed by atoms with Crippen LogP contribution in [0.4, 0.5) is 0 Å². The summed E-state index contributed by atoms with van der Waals surface area (Å²) >= 11 is 0. The molecule has 8 nitrogen and oxygen atoms in total. The molecule has 9 heteroatoms. The first-order chi connectivity index (χ1) is 15.5. The lowest BCUT2D eigenvalue weighted by Crippen LogP contribution is -2.65. The van der Waals surface area contributed by atoms with E-state index in [2.05, 4.69) is 15.0 Å². The molecular formula is C24H32N4O4S. The van der Waals surface area contributed by atoms with Crippen LogP contribution in [0.25, 0.3) is 4.91 Å². The van der Waals surface area contributed by atoms with E-state index in [1.807, 2.05) is 6.07 Å². The molecule has 2 amide bonds. The van der Waals surface area contributed by atoms with Gasteiger partial charge in [0.1, 0.15) is 10.4 Å². The molecule has 5 aliphatic rings. The van der Waals surface area contributed by atoms with Gasteiger partial charge in [-0.2, -0.15) is 4.72 Å². The molecule has 1 heterocycles. The van der Waals surface area contributed by atoms with Gasteiger partial charge in [0, 0.05) is 17.7 Å². The zero-order valence-electron chi connectivity index (χ0n) is 19.1. The van der Waals surface area contributed by atoms with E-state index < -0.39 is 21.0 Å². The molecule has 2 atom stereocenters. The van der Waals surface area contributed by atoms with E-state index in [0.29, 0.717) is 30.9 Å². The molecule has 178 valence electrons. The molecule has 4 saturated carbocycles. The number of primary amides is 1. The Morgan fingerprint density at radius 3 is 2.55 bits per heavy atom. The SMILES string of the molecule is CC(C)(NS(=O)(=O)C1=CCCc2cccnc21)C(=O)NC1C2CC3CC1CC(C(N)=O)(C3)C2. The Kier molecular flexibility index (Phi) is 5.21. The summed E-state index contributed by atoms with van der Waals surface area (Å²) in [4.78, 5) is 29.9. The second-order valence-electron chi connectivity index (χ2n) is 11.0. The van der Waals surface area contributed by atoms with Crippen LogP contribution in [-0.2, 0) is 26.0 Å². The number of amides is 2. The molecule has 0 radical (unpaired) electrons. The number of aryl methyl sites for hydroxylation is 1. The standard InChI is InChI=1S/C24H32N4O4S/c1-23(2,28-33(31,32)18-7-3-5-15-6-4-8-26-20(15)18)22(30)27-19-16-9-14-10-17(19)13-24(11-14,12-16)21(25)29/h4,6-8,14,16-17,19,28H,3,5,9-13H2,1-2H3,(H2,25,29)(H,27,30). The van der Waals surface area contributed by atoms with E-state index in [1.165, 1.54) is 0 Å². The molecular weight excluding hydrogens is 440 g/mol. The van der Waals surface area contributed by atoms with Crippen molar-refractivity contribution >= 4 is 26.7 Å². The number of fused-ring (bicyclic) bond motifs is 1. The lowest BCUT2D eigenvalue weighted by atomic mass is 9.47. The fourth-order valence-corrected chi connectivity index (χ4v) is 8.54. The van der Waals surface area contributed by atoms with Gasteiger partial charge in [-0.25, -0.2) is 8.42 Å². The van der Waals surface area contributed by atoms with Gasteiger partial charge in [-0.05, 0) is 88.2 Å². The third-order valence-electron chi connectivity index (χ3n) is 8.21. The van der Waals surface area contributed by atoms with Gasteiger partial charge >= 0.3 is 0 Å².